The predicted molar refractivity (Wildman–Crippen MR) is 104 cm³/mol. The lowest BCUT2D eigenvalue weighted by atomic mass is 10.0. The second kappa shape index (κ2) is 5.78. The number of rotatable bonds is 1. The van der Waals surface area contributed by atoms with Crippen LogP contribution >= 0.6 is 7.53 Å². The molecule has 4 aromatic rings. The first-order valence-electron chi connectivity index (χ1n) is 8.09. The molecule has 0 spiro atoms. The Morgan fingerprint density at radius 2 is 1.20 bits per heavy atom. The Bertz CT molecular complexity index is 1140. The Morgan fingerprint density at radius 1 is 0.720 bits per heavy atom. The van der Waals surface area contributed by atoms with Gasteiger partial charge >= 0.3 is 0 Å². The van der Waals surface area contributed by atoms with E-state index in [4.69, 9.17) is 0 Å². The highest BCUT2D eigenvalue weighted by atomic mass is 31.1. The molecule has 0 saturated carbocycles. The van der Waals surface area contributed by atoms with E-state index in [1.807, 2.05) is 32.0 Å². The van der Waals surface area contributed by atoms with Crippen molar-refractivity contribution in [2.45, 2.75) is 13.8 Å². The number of benzene rings is 3. The lowest BCUT2D eigenvalue weighted by Gasteiger charge is -2.05. The highest BCUT2D eigenvalue weighted by Crippen LogP contribution is 2.55. The number of fused-ring (bicyclic) bond motifs is 3. The third-order valence-corrected chi connectivity index (χ3v) is 7.23. The Hall–Kier alpha value is -3.06. The first-order valence-corrected chi connectivity index (χ1v) is 9.43. The normalized spacial score (nSPS) is 10.7. The molecule has 0 bridgehead atoms. The molecule has 1 aromatic heterocycles. The fourth-order valence-corrected chi connectivity index (χ4v) is 6.20. The van der Waals surface area contributed by atoms with Gasteiger partial charge in [-0.25, -0.2) is 0 Å². The summed E-state index contributed by atoms with van der Waals surface area (Å²) in [5, 5.41) is 24.9. The van der Waals surface area contributed by atoms with Gasteiger partial charge in [0, 0.05) is 10.2 Å². The Kier molecular flexibility index (Phi) is 3.58. The molecule has 3 heteroatoms. The van der Waals surface area contributed by atoms with Gasteiger partial charge in [-0.05, 0) is 65.3 Å². The molecule has 0 aliphatic heterocycles. The molecule has 0 radical (unpaired) electrons. The SMILES string of the molecule is Cc1cc2c(cc1C#N)c1cc(C#N)c(C)cc1p2-c1ccccc1. The third-order valence-electron chi connectivity index (χ3n) is 4.71. The van der Waals surface area contributed by atoms with Crippen LogP contribution < -0.4 is 0 Å². The van der Waals surface area contributed by atoms with Gasteiger partial charge < -0.3 is 0 Å². The zero-order valence-electron chi connectivity index (χ0n) is 14.0. The number of nitrogens with zero attached hydrogens (tertiary/aromatic N) is 2. The zero-order valence-corrected chi connectivity index (χ0v) is 14.9. The molecule has 0 aliphatic rings. The molecule has 118 valence electrons. The molecule has 0 fully saturated rings. The predicted octanol–water partition coefficient (Wildman–Crippen LogP) is 6.33. The van der Waals surface area contributed by atoms with Crippen molar-refractivity contribution in [2.75, 3.05) is 0 Å². The molecular formula is C22H15N2P. The van der Waals surface area contributed by atoms with Crippen LogP contribution in [-0.4, -0.2) is 0 Å². The molecule has 0 aliphatic carbocycles. The first kappa shape index (κ1) is 15.5. The van der Waals surface area contributed by atoms with Crippen LogP contribution in [0.3, 0.4) is 0 Å². The quantitative estimate of drug-likeness (QED) is 0.407. The topological polar surface area (TPSA) is 47.6 Å². The van der Waals surface area contributed by atoms with Crippen molar-refractivity contribution in [2.24, 2.45) is 0 Å². The van der Waals surface area contributed by atoms with Crippen molar-refractivity contribution in [3.8, 4) is 17.4 Å². The van der Waals surface area contributed by atoms with E-state index in [0.717, 1.165) is 21.9 Å². The zero-order chi connectivity index (χ0) is 17.6. The minimum atomic E-state index is -0.658. The van der Waals surface area contributed by atoms with Crippen LogP contribution in [0.2, 0.25) is 0 Å². The van der Waals surface area contributed by atoms with Gasteiger partial charge in [0.25, 0.3) is 0 Å². The molecule has 25 heavy (non-hydrogen) atoms. The van der Waals surface area contributed by atoms with E-state index in [9.17, 15) is 10.5 Å². The van der Waals surface area contributed by atoms with E-state index < -0.39 is 7.53 Å². The highest BCUT2D eigenvalue weighted by molar-refractivity contribution is 7.67. The van der Waals surface area contributed by atoms with Crippen molar-refractivity contribution in [3.05, 3.63) is 76.9 Å². The standard InChI is InChI=1S/C22H15N2P/c1-14-8-21-19(10-16(14)12-23)20-11-17(13-24)15(2)9-22(20)25(21)18-6-4-3-5-7-18/h3-11H,1-2H3. The summed E-state index contributed by atoms with van der Waals surface area (Å²) in [6, 6.07) is 23.4. The maximum Gasteiger partial charge on any atom is 0.0994 e. The fourth-order valence-electron chi connectivity index (χ4n) is 3.41. The van der Waals surface area contributed by atoms with Crippen molar-refractivity contribution in [3.63, 3.8) is 0 Å². The molecule has 0 saturated heterocycles. The average Bonchev–Trinajstić information content (AvgIpc) is 2.92. The lowest BCUT2D eigenvalue weighted by Crippen LogP contribution is -1.82. The molecule has 0 N–H and O–H groups in total. The summed E-state index contributed by atoms with van der Waals surface area (Å²) in [6.07, 6.45) is 0. The van der Waals surface area contributed by atoms with Gasteiger partial charge in [0.15, 0.2) is 0 Å². The van der Waals surface area contributed by atoms with E-state index >= 15 is 0 Å². The van der Waals surface area contributed by atoms with E-state index in [-0.39, 0.29) is 0 Å². The fraction of sp³-hybridized carbons (Fsp3) is 0.0909. The summed E-state index contributed by atoms with van der Waals surface area (Å²) in [6.45, 7) is 3.98. The van der Waals surface area contributed by atoms with Gasteiger partial charge in [0.05, 0.1) is 23.3 Å². The number of nitriles is 2. The van der Waals surface area contributed by atoms with Crippen LogP contribution in [0.15, 0.2) is 54.6 Å². The summed E-state index contributed by atoms with van der Waals surface area (Å²) in [5.74, 6) is 0. The van der Waals surface area contributed by atoms with Gasteiger partial charge in [-0.1, -0.05) is 37.9 Å². The largest absolute Gasteiger partial charge is 0.192 e. The van der Waals surface area contributed by atoms with Crippen LogP contribution in [0.4, 0.5) is 0 Å². The van der Waals surface area contributed by atoms with Crippen molar-refractivity contribution in [1.82, 2.24) is 0 Å². The lowest BCUT2D eigenvalue weighted by molar-refractivity contribution is 1.42. The van der Waals surface area contributed by atoms with Crippen molar-refractivity contribution in [1.29, 1.82) is 10.5 Å². The van der Waals surface area contributed by atoms with Crippen LogP contribution in [-0.2, 0) is 0 Å². The van der Waals surface area contributed by atoms with Gasteiger partial charge in [0.2, 0.25) is 0 Å². The number of hydrogen-bond acceptors (Lipinski definition) is 2. The molecule has 1 heterocycles. The van der Waals surface area contributed by atoms with E-state index in [2.05, 4.69) is 48.5 Å². The van der Waals surface area contributed by atoms with Crippen LogP contribution in [0, 0.1) is 36.5 Å². The Morgan fingerprint density at radius 3 is 1.64 bits per heavy atom. The van der Waals surface area contributed by atoms with E-state index in [0.29, 0.717) is 11.1 Å². The monoisotopic (exact) mass is 338 g/mol. The first-order chi connectivity index (χ1) is 12.1. The Balaban J connectivity index is 2.26. The highest BCUT2D eigenvalue weighted by Gasteiger charge is 2.16. The van der Waals surface area contributed by atoms with Gasteiger partial charge in [-0.3, -0.25) is 0 Å². The van der Waals surface area contributed by atoms with Gasteiger partial charge in [-0.15, -0.1) is 0 Å². The maximum absolute atomic E-state index is 9.43. The number of aryl methyl sites for hydroxylation is 2. The molecule has 0 amide bonds. The molecule has 0 atom stereocenters. The second-order valence-corrected chi connectivity index (χ2v) is 8.41. The summed E-state index contributed by atoms with van der Waals surface area (Å²) in [4.78, 5) is 0. The smallest absolute Gasteiger partial charge is 0.0994 e. The molecule has 0 unspecified atom stereocenters. The van der Waals surface area contributed by atoms with Gasteiger partial charge in [0.1, 0.15) is 0 Å². The summed E-state index contributed by atoms with van der Waals surface area (Å²) < 4.78 is 0. The Labute approximate surface area is 147 Å². The summed E-state index contributed by atoms with van der Waals surface area (Å²) in [5.41, 5.74) is 3.42. The van der Waals surface area contributed by atoms with Gasteiger partial charge in [-0.2, -0.15) is 10.5 Å². The van der Waals surface area contributed by atoms with Crippen LogP contribution in [0.1, 0.15) is 22.3 Å². The summed E-state index contributed by atoms with van der Waals surface area (Å²) >= 11 is 0. The second-order valence-electron chi connectivity index (χ2n) is 6.26. The summed E-state index contributed by atoms with van der Waals surface area (Å²) in [7, 11) is -0.658. The molecular weight excluding hydrogens is 323 g/mol. The minimum Gasteiger partial charge on any atom is -0.192 e. The van der Waals surface area contributed by atoms with Crippen molar-refractivity contribution < 1.29 is 0 Å². The maximum atomic E-state index is 9.43. The molecule has 2 nitrogen and oxygen atoms in total. The van der Waals surface area contributed by atoms with E-state index in [1.165, 1.54) is 15.5 Å². The van der Waals surface area contributed by atoms with Crippen LogP contribution in [0.25, 0.3) is 26.3 Å². The van der Waals surface area contributed by atoms with E-state index in [1.54, 1.807) is 0 Å². The average molecular weight is 338 g/mol. The number of hydrogen-bond donors (Lipinski definition) is 0. The third kappa shape index (κ3) is 2.32. The molecule has 4 rings (SSSR count). The van der Waals surface area contributed by atoms with Crippen molar-refractivity contribution >= 4 is 28.5 Å². The van der Waals surface area contributed by atoms with Crippen LogP contribution in [0.5, 0.6) is 0 Å². The molecule has 3 aromatic carbocycles. The minimum absolute atomic E-state index is 0.658.